The summed E-state index contributed by atoms with van der Waals surface area (Å²) in [5.74, 6) is -1.12. The predicted octanol–water partition coefficient (Wildman–Crippen LogP) is 6.35. The quantitative estimate of drug-likeness (QED) is 0.176. The maximum atomic E-state index is 12.3. The van der Waals surface area contributed by atoms with E-state index in [4.69, 9.17) is 14.7 Å². The van der Waals surface area contributed by atoms with E-state index < -0.39 is 11.9 Å². The number of esters is 1. The lowest BCUT2D eigenvalue weighted by Gasteiger charge is -2.17. The number of hydrogen-bond donors (Lipinski definition) is 1. The van der Waals surface area contributed by atoms with Gasteiger partial charge in [0, 0.05) is 18.7 Å². The van der Waals surface area contributed by atoms with Crippen LogP contribution in [0, 0.1) is 0 Å². The molecule has 4 rings (SSSR count). The Morgan fingerprint density at radius 3 is 2.19 bits per heavy atom. The van der Waals surface area contributed by atoms with E-state index in [0.717, 1.165) is 45.9 Å². The Labute approximate surface area is 209 Å². The zero-order chi connectivity index (χ0) is 25.3. The van der Waals surface area contributed by atoms with E-state index in [1.54, 1.807) is 30.5 Å². The van der Waals surface area contributed by atoms with Crippen LogP contribution in [-0.4, -0.2) is 23.3 Å². The van der Waals surface area contributed by atoms with Gasteiger partial charge in [0.15, 0.2) is 0 Å². The Morgan fingerprint density at radius 1 is 0.944 bits per heavy atom. The fraction of sp³-hybridized carbons (Fsp3) is 0.100. The number of aliphatic carboxylic acids is 1. The highest BCUT2D eigenvalue weighted by atomic mass is 16.7. The molecular weight excluding hydrogens is 454 g/mol. The first-order chi connectivity index (χ1) is 17.5. The Bertz CT molecular complexity index is 1350. The van der Waals surface area contributed by atoms with Crippen molar-refractivity contribution in [1.29, 1.82) is 0 Å². The minimum Gasteiger partial charge on any atom is -0.478 e. The topological polar surface area (TPSA) is 85.2 Å². The highest BCUT2D eigenvalue weighted by molar-refractivity contribution is 5.99. The van der Waals surface area contributed by atoms with Crippen molar-refractivity contribution in [2.75, 3.05) is 0 Å². The minimum absolute atomic E-state index is 0.0662. The summed E-state index contributed by atoms with van der Waals surface area (Å²) in [5.41, 5.74) is 6.07. The summed E-state index contributed by atoms with van der Waals surface area (Å²) in [7, 11) is 0. The molecule has 1 aliphatic rings. The largest absolute Gasteiger partial charge is 0.478 e. The number of benzene rings is 3. The van der Waals surface area contributed by atoms with Crippen molar-refractivity contribution in [3.8, 4) is 5.75 Å². The smallest absolute Gasteiger partial charge is 0.382 e. The van der Waals surface area contributed by atoms with E-state index in [2.05, 4.69) is 24.2 Å². The lowest BCUT2D eigenvalue weighted by molar-refractivity contribution is -0.134. The van der Waals surface area contributed by atoms with Gasteiger partial charge >= 0.3 is 11.9 Å². The highest BCUT2D eigenvalue weighted by Gasteiger charge is 2.17. The lowest BCUT2D eigenvalue weighted by Crippen LogP contribution is -2.13. The number of carboxylic acids is 1. The molecule has 1 heterocycles. The molecule has 0 aliphatic carbocycles. The normalized spacial score (nSPS) is 13.5. The Kier molecular flexibility index (Phi) is 7.88. The van der Waals surface area contributed by atoms with Crippen molar-refractivity contribution in [3.05, 3.63) is 119 Å². The number of allylic oxidation sites excluding steroid dienone is 2. The molecule has 0 radical (unpaired) electrons. The van der Waals surface area contributed by atoms with Crippen molar-refractivity contribution >= 4 is 35.4 Å². The molecule has 0 amide bonds. The van der Waals surface area contributed by atoms with E-state index in [1.807, 2.05) is 54.6 Å². The summed E-state index contributed by atoms with van der Waals surface area (Å²) in [4.78, 5) is 28.2. The van der Waals surface area contributed by atoms with Crippen LogP contribution in [0.5, 0.6) is 5.75 Å². The summed E-state index contributed by atoms with van der Waals surface area (Å²) < 4.78 is 5.45. The van der Waals surface area contributed by atoms with Crippen LogP contribution in [0.25, 0.3) is 17.2 Å². The summed E-state index contributed by atoms with van der Waals surface area (Å²) in [6.45, 7) is 2.11. The van der Waals surface area contributed by atoms with Crippen LogP contribution in [0.1, 0.15) is 42.0 Å². The van der Waals surface area contributed by atoms with Gasteiger partial charge in [-0.2, -0.15) is 0 Å². The second-order valence-electron chi connectivity index (χ2n) is 7.96. The molecule has 1 N–H and O–H groups in total. The first-order valence-corrected chi connectivity index (χ1v) is 11.6. The Morgan fingerprint density at radius 2 is 1.61 bits per heavy atom. The number of nitrogens with zero attached hydrogens (tertiary/aromatic N) is 1. The summed E-state index contributed by atoms with van der Waals surface area (Å²) >= 11 is 0. The zero-order valence-electron chi connectivity index (χ0n) is 19.8. The minimum atomic E-state index is -0.989. The van der Waals surface area contributed by atoms with Gasteiger partial charge in [-0.15, -0.1) is 0 Å². The molecule has 0 unspecified atom stereocenters. The maximum absolute atomic E-state index is 12.3. The Hall–Kier alpha value is -4.71. The molecule has 0 atom stereocenters. The van der Waals surface area contributed by atoms with Crippen molar-refractivity contribution < 1.29 is 24.3 Å². The van der Waals surface area contributed by atoms with Crippen molar-refractivity contribution in [2.24, 2.45) is 5.16 Å². The molecule has 6 heteroatoms. The first kappa shape index (κ1) is 24.4. The lowest BCUT2D eigenvalue weighted by atomic mass is 9.88. The third kappa shape index (κ3) is 6.04. The van der Waals surface area contributed by atoms with Gasteiger partial charge in [-0.1, -0.05) is 78.8 Å². The number of oxime groups is 1. The number of carbonyl (C=O) groups excluding carboxylic acids is 1. The molecule has 0 saturated carbocycles. The fourth-order valence-electron chi connectivity index (χ4n) is 3.91. The SMILES string of the molecule is CC/C(=C(\c1ccc(/C=C/C(=O)O)cc1)c1ccc(OC(=O)C2=CCC=NO2)cc1)c1ccccc1. The van der Waals surface area contributed by atoms with E-state index in [9.17, 15) is 9.59 Å². The molecule has 3 aromatic carbocycles. The second kappa shape index (κ2) is 11.6. The molecule has 36 heavy (non-hydrogen) atoms. The van der Waals surface area contributed by atoms with Crippen LogP contribution in [0.2, 0.25) is 0 Å². The second-order valence-corrected chi connectivity index (χ2v) is 7.96. The van der Waals surface area contributed by atoms with E-state index >= 15 is 0 Å². The van der Waals surface area contributed by atoms with Gasteiger partial charge in [0.1, 0.15) is 5.75 Å². The number of rotatable bonds is 8. The van der Waals surface area contributed by atoms with Gasteiger partial charge in [-0.25, -0.2) is 9.59 Å². The van der Waals surface area contributed by atoms with E-state index in [0.29, 0.717) is 12.2 Å². The number of carbonyl (C=O) groups is 2. The average Bonchev–Trinajstić information content (AvgIpc) is 2.92. The van der Waals surface area contributed by atoms with Crippen molar-refractivity contribution in [2.45, 2.75) is 19.8 Å². The van der Waals surface area contributed by atoms with E-state index in [-0.39, 0.29) is 5.76 Å². The molecule has 3 aromatic rings. The van der Waals surface area contributed by atoms with Gasteiger partial charge < -0.3 is 14.7 Å². The fourth-order valence-corrected chi connectivity index (χ4v) is 3.91. The highest BCUT2D eigenvalue weighted by Crippen LogP contribution is 2.35. The van der Waals surface area contributed by atoms with Crippen LogP contribution < -0.4 is 4.74 Å². The van der Waals surface area contributed by atoms with Crippen molar-refractivity contribution in [3.63, 3.8) is 0 Å². The molecular formula is C30H25NO5. The van der Waals surface area contributed by atoms with Crippen LogP contribution in [0.4, 0.5) is 0 Å². The monoisotopic (exact) mass is 479 g/mol. The van der Waals surface area contributed by atoms with Gasteiger partial charge in [0.25, 0.3) is 0 Å². The number of ether oxygens (including phenoxy) is 1. The third-order valence-corrected chi connectivity index (χ3v) is 5.58. The molecule has 180 valence electrons. The van der Waals surface area contributed by atoms with Crippen LogP contribution in [0.15, 0.2) is 102 Å². The summed E-state index contributed by atoms with van der Waals surface area (Å²) in [5, 5.41) is 12.5. The van der Waals surface area contributed by atoms with Crippen LogP contribution in [-0.2, 0) is 14.4 Å². The first-order valence-electron chi connectivity index (χ1n) is 11.6. The average molecular weight is 480 g/mol. The van der Waals surface area contributed by atoms with Crippen LogP contribution >= 0.6 is 0 Å². The van der Waals surface area contributed by atoms with Crippen LogP contribution in [0.3, 0.4) is 0 Å². The Balaban J connectivity index is 1.70. The molecule has 0 spiro atoms. The summed E-state index contributed by atoms with van der Waals surface area (Å²) in [6, 6.07) is 25.3. The molecule has 0 bridgehead atoms. The van der Waals surface area contributed by atoms with Crippen molar-refractivity contribution in [1.82, 2.24) is 0 Å². The van der Waals surface area contributed by atoms with Gasteiger partial charge in [0.05, 0.1) is 0 Å². The molecule has 6 nitrogen and oxygen atoms in total. The zero-order valence-corrected chi connectivity index (χ0v) is 19.8. The maximum Gasteiger partial charge on any atom is 0.382 e. The summed E-state index contributed by atoms with van der Waals surface area (Å²) in [6.07, 6.45) is 7.17. The molecule has 0 saturated heterocycles. The predicted molar refractivity (Wildman–Crippen MR) is 140 cm³/mol. The molecule has 1 aliphatic heterocycles. The third-order valence-electron chi connectivity index (χ3n) is 5.58. The molecule has 0 aromatic heterocycles. The molecule has 0 fully saturated rings. The van der Waals surface area contributed by atoms with Gasteiger partial charge in [-0.3, -0.25) is 0 Å². The van der Waals surface area contributed by atoms with E-state index in [1.165, 1.54) is 0 Å². The standard InChI is InChI=1S/C30H25NO5/c1-2-26(22-7-4-3-5-8-22)29(23-13-10-21(11-14-23)12-19-28(32)33)24-15-17-25(18-16-24)35-30(34)27-9-6-20-31-36-27/h3-5,7-20H,2,6H2,1H3,(H,32,33)/b19-12+,29-26-. The number of hydrogen-bond acceptors (Lipinski definition) is 5. The van der Waals surface area contributed by atoms with Gasteiger partial charge in [0.2, 0.25) is 5.76 Å². The van der Waals surface area contributed by atoms with Gasteiger partial charge in [-0.05, 0) is 64.1 Å². The number of carboxylic acid groups (broad SMARTS) is 1.